The van der Waals surface area contributed by atoms with Crippen molar-refractivity contribution in [1.29, 1.82) is 0 Å². The Labute approximate surface area is 147 Å². The van der Waals surface area contributed by atoms with Gasteiger partial charge < -0.3 is 5.32 Å². The van der Waals surface area contributed by atoms with Gasteiger partial charge in [0.25, 0.3) is 0 Å². The van der Waals surface area contributed by atoms with Crippen molar-refractivity contribution < 1.29 is 8.42 Å². The Bertz CT molecular complexity index is 809. The minimum absolute atomic E-state index is 0.132. The van der Waals surface area contributed by atoms with Crippen LogP contribution in [0.25, 0.3) is 0 Å². The molecule has 0 bridgehead atoms. The molecule has 1 N–H and O–H groups in total. The number of pyridine rings is 1. The largest absolute Gasteiger partial charge is 0.313 e. The summed E-state index contributed by atoms with van der Waals surface area (Å²) >= 11 is 5.92. The Morgan fingerprint density at radius 2 is 2.04 bits per heavy atom. The van der Waals surface area contributed by atoms with Gasteiger partial charge in [-0.05, 0) is 23.6 Å². The van der Waals surface area contributed by atoms with Crippen molar-refractivity contribution in [2.24, 2.45) is 0 Å². The van der Waals surface area contributed by atoms with Gasteiger partial charge in [-0.25, -0.2) is 8.42 Å². The van der Waals surface area contributed by atoms with Crippen LogP contribution in [0.15, 0.2) is 47.6 Å². The van der Waals surface area contributed by atoms with Crippen molar-refractivity contribution in [3.8, 4) is 0 Å². The van der Waals surface area contributed by atoms with Crippen LogP contribution in [0.1, 0.15) is 24.1 Å². The van der Waals surface area contributed by atoms with Gasteiger partial charge in [0.15, 0.2) is 0 Å². The van der Waals surface area contributed by atoms with E-state index >= 15 is 0 Å². The molecule has 1 aromatic heterocycles. The predicted octanol–water partition coefficient (Wildman–Crippen LogP) is 2.63. The van der Waals surface area contributed by atoms with Gasteiger partial charge in [-0.2, -0.15) is 4.31 Å². The molecule has 1 aliphatic heterocycles. The molecule has 3 rings (SSSR count). The number of piperazine rings is 1. The maximum absolute atomic E-state index is 13.0. The smallest absolute Gasteiger partial charge is 0.245 e. The highest BCUT2D eigenvalue weighted by Crippen LogP contribution is 2.29. The monoisotopic (exact) mass is 365 g/mol. The summed E-state index contributed by atoms with van der Waals surface area (Å²) in [6, 6.07) is 9.33. The zero-order valence-corrected chi connectivity index (χ0v) is 15.0. The number of halogens is 1. The lowest BCUT2D eigenvalue weighted by Gasteiger charge is -2.35. The number of benzene rings is 1. The maximum atomic E-state index is 13.0. The Morgan fingerprint density at radius 3 is 2.71 bits per heavy atom. The van der Waals surface area contributed by atoms with E-state index in [2.05, 4.69) is 29.4 Å². The van der Waals surface area contributed by atoms with Crippen LogP contribution in [0.3, 0.4) is 0 Å². The van der Waals surface area contributed by atoms with E-state index in [4.69, 9.17) is 11.6 Å². The highest BCUT2D eigenvalue weighted by Gasteiger charge is 2.34. The Hall–Kier alpha value is -1.47. The molecule has 0 amide bonds. The van der Waals surface area contributed by atoms with Gasteiger partial charge in [0, 0.05) is 32.0 Å². The second-order valence-electron chi connectivity index (χ2n) is 5.77. The molecule has 128 valence electrons. The zero-order chi connectivity index (χ0) is 17.2. The number of nitrogens with zero attached hydrogens (tertiary/aromatic N) is 2. The van der Waals surface area contributed by atoms with E-state index in [1.165, 1.54) is 28.3 Å². The van der Waals surface area contributed by atoms with E-state index in [0.717, 1.165) is 12.0 Å². The van der Waals surface area contributed by atoms with Crippen molar-refractivity contribution in [3.63, 3.8) is 0 Å². The van der Waals surface area contributed by atoms with Crippen molar-refractivity contribution in [2.75, 3.05) is 19.6 Å². The first kappa shape index (κ1) is 17.4. The van der Waals surface area contributed by atoms with Gasteiger partial charge in [0.2, 0.25) is 10.0 Å². The highest BCUT2D eigenvalue weighted by molar-refractivity contribution is 7.89. The number of hydrogen-bond donors (Lipinski definition) is 1. The van der Waals surface area contributed by atoms with Gasteiger partial charge in [0.1, 0.15) is 4.90 Å². The third kappa shape index (κ3) is 3.47. The molecule has 1 fully saturated rings. The van der Waals surface area contributed by atoms with Gasteiger partial charge in [-0.1, -0.05) is 42.8 Å². The Balaban J connectivity index is 1.96. The lowest BCUT2D eigenvalue weighted by atomic mass is 10.0. The summed E-state index contributed by atoms with van der Waals surface area (Å²) in [4.78, 5) is 4.04. The number of nitrogens with one attached hydrogen (secondary N) is 1. The van der Waals surface area contributed by atoms with Crippen molar-refractivity contribution in [1.82, 2.24) is 14.6 Å². The van der Waals surface area contributed by atoms with Crippen LogP contribution in [-0.2, 0) is 16.4 Å². The van der Waals surface area contributed by atoms with E-state index < -0.39 is 10.0 Å². The topological polar surface area (TPSA) is 62.3 Å². The molecule has 2 aromatic rings. The Kier molecular flexibility index (Phi) is 5.20. The average molecular weight is 366 g/mol. The fourth-order valence-corrected chi connectivity index (χ4v) is 4.74. The molecule has 5 nitrogen and oxygen atoms in total. The second-order valence-corrected chi connectivity index (χ2v) is 8.10. The number of aromatic nitrogens is 1. The standard InChI is InChI=1S/C17H20ClN3O2S/c1-2-13-3-5-14(6-4-13)17-12-19-7-8-21(17)24(22,23)16-9-15(18)10-20-11-16/h3-6,9-11,17,19H,2,7-8,12H2,1H3. The molecule has 7 heteroatoms. The van der Waals surface area contributed by atoms with Gasteiger partial charge >= 0.3 is 0 Å². The summed E-state index contributed by atoms with van der Waals surface area (Å²) in [5.74, 6) is 0. The summed E-state index contributed by atoms with van der Waals surface area (Å²) in [5, 5.41) is 3.59. The summed E-state index contributed by atoms with van der Waals surface area (Å²) in [6.07, 6.45) is 3.74. The first-order valence-electron chi connectivity index (χ1n) is 7.94. The second kappa shape index (κ2) is 7.19. The molecule has 24 heavy (non-hydrogen) atoms. The van der Waals surface area contributed by atoms with E-state index in [1.807, 2.05) is 12.1 Å². The summed E-state index contributed by atoms with van der Waals surface area (Å²) < 4.78 is 27.6. The SMILES string of the molecule is CCc1ccc(C2CNCCN2S(=O)(=O)c2cncc(Cl)c2)cc1. The predicted molar refractivity (Wildman–Crippen MR) is 94.6 cm³/mol. The van der Waals surface area contributed by atoms with E-state index in [9.17, 15) is 8.42 Å². The quantitative estimate of drug-likeness (QED) is 0.904. The van der Waals surface area contributed by atoms with Gasteiger partial charge in [-0.15, -0.1) is 0 Å². The molecule has 1 aromatic carbocycles. The highest BCUT2D eigenvalue weighted by atomic mass is 35.5. The average Bonchev–Trinajstić information content (AvgIpc) is 2.62. The van der Waals surface area contributed by atoms with Crippen molar-refractivity contribution in [3.05, 3.63) is 58.9 Å². The van der Waals surface area contributed by atoms with E-state index in [0.29, 0.717) is 24.7 Å². The molecule has 1 saturated heterocycles. The third-order valence-electron chi connectivity index (χ3n) is 4.25. The summed E-state index contributed by atoms with van der Waals surface area (Å²) in [5.41, 5.74) is 2.22. The molecule has 0 aliphatic carbocycles. The molecule has 1 unspecified atom stereocenters. The molecule has 0 spiro atoms. The fourth-order valence-electron chi connectivity index (χ4n) is 2.90. The molecule has 1 aliphatic rings. The first-order chi connectivity index (χ1) is 11.5. The van der Waals surface area contributed by atoms with Gasteiger partial charge in [-0.3, -0.25) is 4.98 Å². The van der Waals surface area contributed by atoms with Crippen LogP contribution >= 0.6 is 11.6 Å². The number of sulfonamides is 1. The minimum atomic E-state index is -3.65. The third-order valence-corrected chi connectivity index (χ3v) is 6.33. The van der Waals surface area contributed by atoms with Crippen molar-refractivity contribution in [2.45, 2.75) is 24.3 Å². The van der Waals surface area contributed by atoms with Crippen LogP contribution in [-0.4, -0.2) is 37.3 Å². The number of rotatable bonds is 4. The van der Waals surface area contributed by atoms with Crippen LogP contribution in [0, 0.1) is 0 Å². The number of hydrogen-bond acceptors (Lipinski definition) is 4. The summed E-state index contributed by atoms with van der Waals surface area (Å²) in [7, 11) is -3.65. The van der Waals surface area contributed by atoms with Crippen LogP contribution in [0.5, 0.6) is 0 Å². The fraction of sp³-hybridized carbons (Fsp3) is 0.353. The molecular weight excluding hydrogens is 346 g/mol. The lowest BCUT2D eigenvalue weighted by molar-refractivity contribution is 0.271. The van der Waals surface area contributed by atoms with Gasteiger partial charge in [0.05, 0.1) is 11.1 Å². The molecule has 2 heterocycles. The van der Waals surface area contributed by atoms with E-state index in [1.54, 1.807) is 0 Å². The van der Waals surface area contributed by atoms with Crippen LogP contribution in [0.4, 0.5) is 0 Å². The lowest BCUT2D eigenvalue weighted by Crippen LogP contribution is -2.48. The van der Waals surface area contributed by atoms with Crippen molar-refractivity contribution >= 4 is 21.6 Å². The molecule has 0 radical (unpaired) electrons. The zero-order valence-electron chi connectivity index (χ0n) is 13.4. The summed E-state index contributed by atoms with van der Waals surface area (Å²) in [6.45, 7) is 3.71. The molecule has 0 saturated carbocycles. The maximum Gasteiger partial charge on any atom is 0.245 e. The Morgan fingerprint density at radius 1 is 1.29 bits per heavy atom. The minimum Gasteiger partial charge on any atom is -0.313 e. The normalized spacial score (nSPS) is 19.3. The van der Waals surface area contributed by atoms with Crippen LogP contribution in [0.2, 0.25) is 5.02 Å². The van der Waals surface area contributed by atoms with E-state index in [-0.39, 0.29) is 10.9 Å². The number of aryl methyl sites for hydroxylation is 1. The van der Waals surface area contributed by atoms with Crippen LogP contribution < -0.4 is 5.32 Å². The molecular formula is C17H20ClN3O2S. The first-order valence-corrected chi connectivity index (χ1v) is 9.76. The molecule has 1 atom stereocenters.